The predicted octanol–water partition coefficient (Wildman–Crippen LogP) is 3.35. The van der Waals surface area contributed by atoms with Crippen LogP contribution in [-0.4, -0.2) is 43.6 Å². The lowest BCUT2D eigenvalue weighted by Crippen LogP contribution is -2.39. The molecule has 1 atom stereocenters. The van der Waals surface area contributed by atoms with Crippen molar-refractivity contribution in [3.05, 3.63) is 29.3 Å². The molecular weight excluding hydrogens is 312 g/mol. The van der Waals surface area contributed by atoms with Crippen molar-refractivity contribution in [3.8, 4) is 5.75 Å². The van der Waals surface area contributed by atoms with Crippen molar-refractivity contribution in [2.24, 2.45) is 5.92 Å². The van der Waals surface area contributed by atoms with Crippen molar-refractivity contribution in [2.45, 2.75) is 38.7 Å². The third kappa shape index (κ3) is 6.04. The zero-order valence-corrected chi connectivity index (χ0v) is 14.8. The van der Waals surface area contributed by atoms with E-state index in [9.17, 15) is 4.79 Å². The molecule has 0 bridgehead atoms. The summed E-state index contributed by atoms with van der Waals surface area (Å²) in [6.45, 7) is 5.01. The number of carbonyl (C=O) groups is 1. The highest BCUT2D eigenvalue weighted by molar-refractivity contribution is 6.30. The smallest absolute Gasteiger partial charge is 0.261 e. The Bertz CT molecular complexity index is 484. The van der Waals surface area contributed by atoms with Crippen molar-refractivity contribution in [2.75, 3.05) is 26.7 Å². The number of rotatable bonds is 7. The third-order valence-corrected chi connectivity index (χ3v) is 4.70. The normalized spacial score (nSPS) is 17.7. The highest BCUT2D eigenvalue weighted by Crippen LogP contribution is 2.19. The molecule has 128 valence electrons. The van der Waals surface area contributed by atoms with Crippen LogP contribution >= 0.6 is 11.6 Å². The van der Waals surface area contributed by atoms with E-state index in [4.69, 9.17) is 16.3 Å². The van der Waals surface area contributed by atoms with Crippen molar-refractivity contribution in [1.29, 1.82) is 0 Å². The number of benzene rings is 1. The number of carbonyl (C=O) groups excluding carboxylic acids is 1. The fourth-order valence-electron chi connectivity index (χ4n) is 2.86. The number of ether oxygens (including phenoxy) is 1. The second kappa shape index (κ2) is 9.14. The summed E-state index contributed by atoms with van der Waals surface area (Å²) in [5.41, 5.74) is 0. The molecule has 0 radical (unpaired) electrons. The van der Waals surface area contributed by atoms with Crippen molar-refractivity contribution in [3.63, 3.8) is 0 Å². The number of nitrogens with zero attached hydrogens (tertiary/aromatic N) is 1. The molecule has 1 N–H and O–H groups in total. The average molecular weight is 339 g/mol. The summed E-state index contributed by atoms with van der Waals surface area (Å²) in [4.78, 5) is 14.6. The molecule has 23 heavy (non-hydrogen) atoms. The van der Waals surface area contributed by atoms with E-state index in [2.05, 4.69) is 17.3 Å². The van der Waals surface area contributed by atoms with Crippen LogP contribution in [0.5, 0.6) is 5.75 Å². The molecule has 0 aromatic heterocycles. The molecule has 1 saturated heterocycles. The van der Waals surface area contributed by atoms with Gasteiger partial charge >= 0.3 is 0 Å². The van der Waals surface area contributed by atoms with Gasteiger partial charge in [0, 0.05) is 11.6 Å². The maximum atomic E-state index is 12.3. The van der Waals surface area contributed by atoms with Crippen LogP contribution in [0.25, 0.3) is 0 Å². The monoisotopic (exact) mass is 338 g/mol. The van der Waals surface area contributed by atoms with Crippen LogP contribution in [0.2, 0.25) is 5.02 Å². The number of hydrogen-bond acceptors (Lipinski definition) is 3. The Morgan fingerprint density at radius 1 is 1.35 bits per heavy atom. The molecule has 1 fully saturated rings. The topological polar surface area (TPSA) is 41.6 Å². The summed E-state index contributed by atoms with van der Waals surface area (Å²) >= 11 is 5.86. The molecule has 1 aliphatic heterocycles. The first-order valence-electron chi connectivity index (χ1n) is 8.47. The SMILES string of the molecule is CC[C@H](Oc1ccc(Cl)cc1)C(=O)NCCC1CCN(C)CC1. The van der Waals surface area contributed by atoms with Gasteiger partial charge in [0.1, 0.15) is 5.75 Å². The second-order valence-corrected chi connectivity index (χ2v) is 6.73. The first kappa shape index (κ1) is 18.1. The van der Waals surface area contributed by atoms with E-state index in [0.717, 1.165) is 32.0 Å². The fourth-order valence-corrected chi connectivity index (χ4v) is 2.99. The Balaban J connectivity index is 1.73. The van der Waals surface area contributed by atoms with Gasteiger partial charge in [-0.1, -0.05) is 18.5 Å². The molecule has 1 aliphatic rings. The van der Waals surface area contributed by atoms with Crippen LogP contribution in [0.15, 0.2) is 24.3 Å². The Morgan fingerprint density at radius 3 is 2.61 bits per heavy atom. The largest absolute Gasteiger partial charge is 0.481 e. The van der Waals surface area contributed by atoms with Gasteiger partial charge in [-0.2, -0.15) is 0 Å². The maximum Gasteiger partial charge on any atom is 0.261 e. The molecular formula is C18H27ClN2O2. The molecule has 1 amide bonds. The minimum Gasteiger partial charge on any atom is -0.481 e. The van der Waals surface area contributed by atoms with Crippen LogP contribution < -0.4 is 10.1 Å². The van der Waals surface area contributed by atoms with Gasteiger partial charge in [-0.3, -0.25) is 4.79 Å². The Morgan fingerprint density at radius 2 is 2.00 bits per heavy atom. The van der Waals surface area contributed by atoms with Gasteiger partial charge in [0.25, 0.3) is 5.91 Å². The first-order valence-corrected chi connectivity index (χ1v) is 8.84. The Labute approximate surface area is 144 Å². The number of piperidine rings is 1. The van der Waals surface area contributed by atoms with Gasteiger partial charge in [-0.15, -0.1) is 0 Å². The summed E-state index contributed by atoms with van der Waals surface area (Å²) in [6, 6.07) is 7.11. The highest BCUT2D eigenvalue weighted by Gasteiger charge is 2.20. The van der Waals surface area contributed by atoms with Crippen molar-refractivity contribution < 1.29 is 9.53 Å². The van der Waals surface area contributed by atoms with Crippen LogP contribution in [0.4, 0.5) is 0 Å². The quantitative estimate of drug-likeness (QED) is 0.829. The number of hydrogen-bond donors (Lipinski definition) is 1. The molecule has 1 heterocycles. The van der Waals surface area contributed by atoms with E-state index in [0.29, 0.717) is 17.2 Å². The zero-order valence-electron chi connectivity index (χ0n) is 14.1. The fraction of sp³-hybridized carbons (Fsp3) is 0.611. The molecule has 0 aliphatic carbocycles. The van der Waals surface area contributed by atoms with Crippen molar-refractivity contribution >= 4 is 17.5 Å². The summed E-state index contributed by atoms with van der Waals surface area (Å²) in [7, 11) is 2.16. The van der Waals surface area contributed by atoms with Gasteiger partial charge in [0.2, 0.25) is 0 Å². The number of amides is 1. The molecule has 1 aromatic carbocycles. The first-order chi connectivity index (χ1) is 11.1. The maximum absolute atomic E-state index is 12.3. The zero-order chi connectivity index (χ0) is 16.7. The van der Waals surface area contributed by atoms with Crippen molar-refractivity contribution in [1.82, 2.24) is 10.2 Å². The minimum absolute atomic E-state index is 0.0321. The third-order valence-electron chi connectivity index (χ3n) is 4.45. The van der Waals surface area contributed by atoms with E-state index in [-0.39, 0.29) is 5.91 Å². The summed E-state index contributed by atoms with van der Waals surface area (Å²) < 4.78 is 5.76. The lowest BCUT2D eigenvalue weighted by molar-refractivity contribution is -0.128. The molecule has 0 unspecified atom stereocenters. The lowest BCUT2D eigenvalue weighted by Gasteiger charge is -2.29. The summed E-state index contributed by atoms with van der Waals surface area (Å²) in [6.07, 6.45) is 3.70. The van der Waals surface area contributed by atoms with E-state index in [1.807, 2.05) is 6.92 Å². The number of nitrogens with one attached hydrogen (secondary N) is 1. The van der Waals surface area contributed by atoms with Crippen LogP contribution in [0.3, 0.4) is 0 Å². The lowest BCUT2D eigenvalue weighted by atomic mass is 9.94. The van der Waals surface area contributed by atoms with Gasteiger partial charge in [0.05, 0.1) is 0 Å². The molecule has 1 aromatic rings. The number of halogens is 1. The molecule has 4 nitrogen and oxygen atoms in total. The second-order valence-electron chi connectivity index (χ2n) is 6.30. The van der Waals surface area contributed by atoms with Gasteiger partial charge < -0.3 is 15.0 Å². The van der Waals surface area contributed by atoms with E-state index in [1.165, 1.54) is 12.8 Å². The molecule has 5 heteroatoms. The van der Waals surface area contributed by atoms with E-state index >= 15 is 0 Å². The minimum atomic E-state index is -0.450. The van der Waals surface area contributed by atoms with Crippen LogP contribution in [0, 0.1) is 5.92 Å². The predicted molar refractivity (Wildman–Crippen MR) is 94.0 cm³/mol. The highest BCUT2D eigenvalue weighted by atomic mass is 35.5. The molecule has 0 saturated carbocycles. The molecule has 2 rings (SSSR count). The van der Waals surface area contributed by atoms with Gasteiger partial charge in [-0.25, -0.2) is 0 Å². The summed E-state index contributed by atoms with van der Waals surface area (Å²) in [5.74, 6) is 1.37. The Hall–Kier alpha value is -1.26. The van der Waals surface area contributed by atoms with Gasteiger partial charge in [-0.05, 0) is 76.0 Å². The summed E-state index contributed by atoms with van der Waals surface area (Å²) in [5, 5.41) is 3.68. The number of likely N-dealkylation sites (tertiary alicyclic amines) is 1. The van der Waals surface area contributed by atoms with Crippen LogP contribution in [-0.2, 0) is 4.79 Å². The van der Waals surface area contributed by atoms with Gasteiger partial charge in [0.15, 0.2) is 6.10 Å². The van der Waals surface area contributed by atoms with E-state index < -0.39 is 6.10 Å². The van der Waals surface area contributed by atoms with E-state index in [1.54, 1.807) is 24.3 Å². The standard InChI is InChI=1S/C18H27ClN2O2/c1-3-17(23-16-6-4-15(19)5-7-16)18(22)20-11-8-14-9-12-21(2)13-10-14/h4-7,14,17H,3,8-13H2,1-2H3,(H,20,22)/t17-/m0/s1. The molecule has 0 spiro atoms. The average Bonchev–Trinajstić information content (AvgIpc) is 2.56. The Kier molecular flexibility index (Phi) is 7.18. The van der Waals surface area contributed by atoms with Crippen LogP contribution in [0.1, 0.15) is 32.6 Å².